The standard InChI is InChI=1S/C13H23N3O2/c1-2-16(11-12-7-6-10-18-12)9-5-3-4-8-13(17)15-14/h6-7,10H,2-5,8-9,11,14H2,1H3,(H,15,17). The molecule has 0 aromatic carbocycles. The zero-order valence-corrected chi connectivity index (χ0v) is 11.0. The van der Waals surface area contributed by atoms with Crippen molar-refractivity contribution in [1.29, 1.82) is 0 Å². The van der Waals surface area contributed by atoms with Crippen LogP contribution in [0, 0.1) is 0 Å². The van der Waals surface area contributed by atoms with E-state index in [4.69, 9.17) is 10.3 Å². The molecular weight excluding hydrogens is 230 g/mol. The molecule has 102 valence electrons. The number of carbonyl (C=O) groups is 1. The van der Waals surface area contributed by atoms with Crippen molar-refractivity contribution in [2.24, 2.45) is 5.84 Å². The van der Waals surface area contributed by atoms with Crippen LogP contribution in [0.1, 0.15) is 38.4 Å². The van der Waals surface area contributed by atoms with Crippen molar-refractivity contribution in [3.8, 4) is 0 Å². The third-order valence-corrected chi connectivity index (χ3v) is 2.95. The van der Waals surface area contributed by atoms with E-state index in [1.54, 1.807) is 6.26 Å². The molecule has 5 heteroatoms. The highest BCUT2D eigenvalue weighted by atomic mass is 16.3. The van der Waals surface area contributed by atoms with Crippen LogP contribution in [0.3, 0.4) is 0 Å². The van der Waals surface area contributed by atoms with E-state index < -0.39 is 0 Å². The number of furan rings is 1. The van der Waals surface area contributed by atoms with Crippen LogP contribution in [0.2, 0.25) is 0 Å². The van der Waals surface area contributed by atoms with Gasteiger partial charge in [-0.15, -0.1) is 0 Å². The van der Waals surface area contributed by atoms with Gasteiger partial charge in [0.2, 0.25) is 5.91 Å². The third-order valence-electron chi connectivity index (χ3n) is 2.95. The molecule has 0 spiro atoms. The lowest BCUT2D eigenvalue weighted by molar-refractivity contribution is -0.121. The molecule has 1 rings (SSSR count). The molecule has 0 saturated carbocycles. The van der Waals surface area contributed by atoms with Gasteiger partial charge < -0.3 is 4.42 Å². The molecule has 0 saturated heterocycles. The molecule has 0 aliphatic rings. The van der Waals surface area contributed by atoms with E-state index in [0.717, 1.165) is 44.7 Å². The Kier molecular flexibility index (Phi) is 7.13. The van der Waals surface area contributed by atoms with E-state index in [2.05, 4.69) is 17.2 Å². The predicted molar refractivity (Wildman–Crippen MR) is 70.5 cm³/mol. The quantitative estimate of drug-likeness (QED) is 0.304. The van der Waals surface area contributed by atoms with Crippen molar-refractivity contribution in [3.63, 3.8) is 0 Å². The second kappa shape index (κ2) is 8.72. The van der Waals surface area contributed by atoms with Gasteiger partial charge in [-0.05, 0) is 38.1 Å². The molecule has 0 aliphatic heterocycles. The summed E-state index contributed by atoms with van der Waals surface area (Å²) in [5, 5.41) is 0. The average Bonchev–Trinajstić information content (AvgIpc) is 2.89. The van der Waals surface area contributed by atoms with Crippen LogP contribution >= 0.6 is 0 Å². The van der Waals surface area contributed by atoms with Crippen molar-refractivity contribution in [2.75, 3.05) is 13.1 Å². The minimum Gasteiger partial charge on any atom is -0.468 e. The molecule has 1 aromatic rings. The van der Waals surface area contributed by atoms with Gasteiger partial charge in [0.1, 0.15) is 5.76 Å². The predicted octanol–water partition coefficient (Wildman–Crippen LogP) is 1.65. The van der Waals surface area contributed by atoms with Crippen molar-refractivity contribution in [1.82, 2.24) is 10.3 Å². The fraction of sp³-hybridized carbons (Fsp3) is 0.615. The smallest absolute Gasteiger partial charge is 0.233 e. The van der Waals surface area contributed by atoms with E-state index in [9.17, 15) is 4.79 Å². The Morgan fingerprint density at radius 2 is 2.28 bits per heavy atom. The van der Waals surface area contributed by atoms with Crippen LogP contribution in [0.4, 0.5) is 0 Å². The minimum absolute atomic E-state index is 0.0852. The summed E-state index contributed by atoms with van der Waals surface area (Å²) in [4.78, 5) is 13.3. The number of rotatable bonds is 9. The molecular formula is C13H23N3O2. The summed E-state index contributed by atoms with van der Waals surface area (Å²) in [6.07, 6.45) is 5.24. The average molecular weight is 253 g/mol. The first-order valence-corrected chi connectivity index (χ1v) is 6.50. The fourth-order valence-corrected chi connectivity index (χ4v) is 1.84. The van der Waals surface area contributed by atoms with Gasteiger partial charge in [0.25, 0.3) is 0 Å². The summed E-state index contributed by atoms with van der Waals surface area (Å²) >= 11 is 0. The lowest BCUT2D eigenvalue weighted by Gasteiger charge is -2.18. The van der Waals surface area contributed by atoms with Crippen molar-refractivity contribution in [3.05, 3.63) is 24.2 Å². The summed E-state index contributed by atoms with van der Waals surface area (Å²) in [5.41, 5.74) is 2.14. The SMILES string of the molecule is CCN(CCCCCC(=O)NN)Cc1ccco1. The van der Waals surface area contributed by atoms with E-state index in [-0.39, 0.29) is 5.91 Å². The maximum Gasteiger partial charge on any atom is 0.233 e. The number of nitrogens with zero attached hydrogens (tertiary/aromatic N) is 1. The van der Waals surface area contributed by atoms with E-state index in [1.165, 1.54) is 0 Å². The largest absolute Gasteiger partial charge is 0.468 e. The first-order valence-electron chi connectivity index (χ1n) is 6.50. The molecule has 1 aromatic heterocycles. The fourth-order valence-electron chi connectivity index (χ4n) is 1.84. The van der Waals surface area contributed by atoms with Gasteiger partial charge in [0.05, 0.1) is 12.8 Å². The Balaban J connectivity index is 2.10. The Morgan fingerprint density at radius 3 is 2.89 bits per heavy atom. The number of hydrogen-bond acceptors (Lipinski definition) is 4. The van der Waals surface area contributed by atoms with Crippen LogP contribution < -0.4 is 11.3 Å². The number of carbonyl (C=O) groups excluding carboxylic acids is 1. The molecule has 3 N–H and O–H groups in total. The number of unbranched alkanes of at least 4 members (excludes halogenated alkanes) is 2. The highest BCUT2D eigenvalue weighted by Crippen LogP contribution is 2.07. The second-order valence-electron chi connectivity index (χ2n) is 4.33. The molecule has 0 atom stereocenters. The van der Waals surface area contributed by atoms with Gasteiger partial charge in [-0.1, -0.05) is 13.3 Å². The maximum atomic E-state index is 10.9. The summed E-state index contributed by atoms with van der Waals surface area (Å²) in [7, 11) is 0. The Morgan fingerprint density at radius 1 is 1.44 bits per heavy atom. The van der Waals surface area contributed by atoms with Crippen LogP contribution in [0.5, 0.6) is 0 Å². The number of hydrogen-bond donors (Lipinski definition) is 2. The highest BCUT2D eigenvalue weighted by Gasteiger charge is 2.05. The molecule has 0 bridgehead atoms. The van der Waals surface area contributed by atoms with Crippen LogP contribution in [0.15, 0.2) is 22.8 Å². The van der Waals surface area contributed by atoms with Gasteiger partial charge in [0, 0.05) is 6.42 Å². The Bertz CT molecular complexity index is 325. The van der Waals surface area contributed by atoms with E-state index in [1.807, 2.05) is 12.1 Å². The first kappa shape index (κ1) is 14.7. The van der Waals surface area contributed by atoms with E-state index >= 15 is 0 Å². The van der Waals surface area contributed by atoms with Gasteiger partial charge in [-0.2, -0.15) is 0 Å². The number of amides is 1. The summed E-state index contributed by atoms with van der Waals surface area (Å²) in [6, 6.07) is 3.91. The zero-order valence-electron chi connectivity index (χ0n) is 11.0. The molecule has 0 aliphatic carbocycles. The third kappa shape index (κ3) is 5.84. The van der Waals surface area contributed by atoms with E-state index in [0.29, 0.717) is 6.42 Å². The number of hydrazine groups is 1. The number of nitrogens with two attached hydrogens (primary N) is 1. The van der Waals surface area contributed by atoms with Gasteiger partial charge >= 0.3 is 0 Å². The van der Waals surface area contributed by atoms with Crippen molar-refractivity contribution < 1.29 is 9.21 Å². The van der Waals surface area contributed by atoms with Crippen molar-refractivity contribution >= 4 is 5.91 Å². The maximum absolute atomic E-state index is 10.9. The van der Waals surface area contributed by atoms with Crippen LogP contribution in [-0.4, -0.2) is 23.9 Å². The lowest BCUT2D eigenvalue weighted by Crippen LogP contribution is -2.29. The molecule has 18 heavy (non-hydrogen) atoms. The van der Waals surface area contributed by atoms with Gasteiger partial charge in [-0.3, -0.25) is 15.1 Å². The van der Waals surface area contributed by atoms with Crippen LogP contribution in [-0.2, 0) is 11.3 Å². The molecule has 1 heterocycles. The first-order chi connectivity index (χ1) is 8.76. The summed E-state index contributed by atoms with van der Waals surface area (Å²) in [6.45, 7) is 5.03. The van der Waals surface area contributed by atoms with Crippen LogP contribution in [0.25, 0.3) is 0 Å². The summed E-state index contributed by atoms with van der Waals surface area (Å²) in [5.74, 6) is 5.93. The molecule has 0 radical (unpaired) electrons. The minimum atomic E-state index is -0.0852. The van der Waals surface area contributed by atoms with Gasteiger partial charge in [0.15, 0.2) is 0 Å². The molecule has 1 amide bonds. The van der Waals surface area contributed by atoms with Gasteiger partial charge in [-0.25, -0.2) is 5.84 Å². The van der Waals surface area contributed by atoms with Crippen molar-refractivity contribution in [2.45, 2.75) is 39.2 Å². The molecule has 0 fully saturated rings. The second-order valence-corrected chi connectivity index (χ2v) is 4.33. The zero-order chi connectivity index (χ0) is 13.2. The lowest BCUT2D eigenvalue weighted by atomic mass is 10.2. The highest BCUT2D eigenvalue weighted by molar-refractivity contribution is 5.74. The number of nitrogens with one attached hydrogen (secondary N) is 1. The molecule has 0 unspecified atom stereocenters. The monoisotopic (exact) mass is 253 g/mol. The Labute approximate surface area is 108 Å². The normalized spacial score (nSPS) is 10.8. The topological polar surface area (TPSA) is 71.5 Å². The Hall–Kier alpha value is -1.33. The summed E-state index contributed by atoms with van der Waals surface area (Å²) < 4.78 is 5.33. The molecule has 5 nitrogen and oxygen atoms in total.